The number of hydrogen-bond acceptors (Lipinski definition) is 4. The van der Waals surface area contributed by atoms with E-state index in [1.165, 1.54) is 13.2 Å². The Morgan fingerprint density at radius 2 is 2.00 bits per heavy atom. The summed E-state index contributed by atoms with van der Waals surface area (Å²) >= 11 is 1.64. The van der Waals surface area contributed by atoms with Crippen LogP contribution in [0.4, 0.5) is 0 Å². The van der Waals surface area contributed by atoms with Crippen molar-refractivity contribution in [3.63, 3.8) is 0 Å². The number of ether oxygens (including phenoxy) is 1. The van der Waals surface area contributed by atoms with Crippen LogP contribution in [0, 0.1) is 0 Å². The predicted molar refractivity (Wildman–Crippen MR) is 73.2 cm³/mol. The molecular weight excluding hydrogens is 246 g/mol. The molecule has 3 nitrogen and oxygen atoms in total. The van der Waals surface area contributed by atoms with Gasteiger partial charge in [-0.2, -0.15) is 0 Å². The van der Waals surface area contributed by atoms with E-state index in [1.807, 2.05) is 31.2 Å². The lowest BCUT2D eigenvalue weighted by molar-refractivity contribution is -0.134. The van der Waals surface area contributed by atoms with Crippen molar-refractivity contribution in [2.75, 3.05) is 7.11 Å². The second kappa shape index (κ2) is 5.60. The summed E-state index contributed by atoms with van der Waals surface area (Å²) in [7, 11) is 1.38. The first-order chi connectivity index (χ1) is 8.70. The molecule has 0 saturated carbocycles. The van der Waals surface area contributed by atoms with Crippen LogP contribution in [-0.2, 0) is 9.53 Å². The average molecular weight is 259 g/mol. The molecule has 0 unspecified atom stereocenters. The fraction of sp³-hybridized carbons (Fsp3) is 0.143. The Morgan fingerprint density at radius 3 is 2.67 bits per heavy atom. The van der Waals surface area contributed by atoms with Crippen LogP contribution in [0.3, 0.4) is 0 Å². The Bertz CT molecular complexity index is 572. The number of allylic oxidation sites excluding steroid dienone is 1. The molecule has 0 saturated heterocycles. The number of carbonyl (C=O) groups excluding carboxylic acids is 1. The van der Waals surface area contributed by atoms with Crippen LogP contribution in [0.15, 0.2) is 42.7 Å². The molecule has 4 heteroatoms. The summed E-state index contributed by atoms with van der Waals surface area (Å²) in [6, 6.07) is 7.99. The lowest BCUT2D eigenvalue weighted by atomic mass is 10.2. The lowest BCUT2D eigenvalue weighted by Gasteiger charge is -1.97. The van der Waals surface area contributed by atoms with Gasteiger partial charge in [0.25, 0.3) is 0 Å². The van der Waals surface area contributed by atoms with Crippen molar-refractivity contribution in [3.05, 3.63) is 47.6 Å². The zero-order valence-electron chi connectivity index (χ0n) is 10.2. The van der Waals surface area contributed by atoms with Gasteiger partial charge in [-0.05, 0) is 42.3 Å². The highest BCUT2D eigenvalue weighted by Gasteiger charge is 2.05. The topological polar surface area (TPSA) is 39.2 Å². The van der Waals surface area contributed by atoms with Gasteiger partial charge in [-0.1, -0.05) is 0 Å². The van der Waals surface area contributed by atoms with E-state index in [0.29, 0.717) is 0 Å². The minimum atomic E-state index is -0.327. The molecule has 0 spiro atoms. The zero-order chi connectivity index (χ0) is 13.0. The first kappa shape index (κ1) is 12.5. The van der Waals surface area contributed by atoms with Crippen LogP contribution >= 0.6 is 11.3 Å². The molecule has 2 aromatic rings. The summed E-state index contributed by atoms with van der Waals surface area (Å²) in [4.78, 5) is 17.4. The molecule has 92 valence electrons. The van der Waals surface area contributed by atoms with Crippen molar-refractivity contribution in [1.29, 1.82) is 0 Å². The van der Waals surface area contributed by atoms with Gasteiger partial charge in [0.05, 0.1) is 7.11 Å². The first-order valence-electron chi connectivity index (χ1n) is 5.47. The molecule has 0 N–H and O–H groups in total. The van der Waals surface area contributed by atoms with Gasteiger partial charge in [-0.15, -0.1) is 11.3 Å². The highest BCUT2D eigenvalue weighted by atomic mass is 32.1. The average Bonchev–Trinajstić information content (AvgIpc) is 2.89. The van der Waals surface area contributed by atoms with Gasteiger partial charge < -0.3 is 4.74 Å². The Morgan fingerprint density at radius 1 is 1.28 bits per heavy atom. The molecule has 0 amide bonds. The standard InChI is InChI=1S/C14H13NO2S/c1-10(9-14(16)17-2)12-3-4-13(18-12)11-5-7-15-8-6-11/h3-9H,1-2H3/b10-9+. The molecule has 0 aliphatic heterocycles. The number of aromatic nitrogens is 1. The fourth-order valence-corrected chi connectivity index (χ4v) is 2.51. The summed E-state index contributed by atoms with van der Waals surface area (Å²) in [6.45, 7) is 1.90. The summed E-state index contributed by atoms with van der Waals surface area (Å²) in [5.74, 6) is -0.327. The van der Waals surface area contributed by atoms with E-state index in [1.54, 1.807) is 23.7 Å². The van der Waals surface area contributed by atoms with E-state index >= 15 is 0 Å². The molecular formula is C14H13NO2S. The van der Waals surface area contributed by atoms with Gasteiger partial charge in [-0.3, -0.25) is 4.98 Å². The molecule has 2 heterocycles. The number of thiophene rings is 1. The number of methoxy groups -OCH3 is 1. The maximum absolute atomic E-state index is 11.2. The normalized spacial score (nSPS) is 11.3. The van der Waals surface area contributed by atoms with Crippen molar-refractivity contribution in [2.45, 2.75) is 6.92 Å². The molecule has 0 aliphatic carbocycles. The number of carbonyl (C=O) groups is 1. The minimum Gasteiger partial charge on any atom is -0.466 e. The van der Waals surface area contributed by atoms with Gasteiger partial charge in [0.2, 0.25) is 0 Å². The van der Waals surface area contributed by atoms with Crippen molar-refractivity contribution in [3.8, 4) is 10.4 Å². The predicted octanol–water partition coefficient (Wildman–Crippen LogP) is 3.39. The van der Waals surface area contributed by atoms with E-state index in [4.69, 9.17) is 0 Å². The van der Waals surface area contributed by atoms with E-state index in [2.05, 4.69) is 9.72 Å². The molecule has 0 atom stereocenters. The third-order valence-electron chi connectivity index (χ3n) is 2.50. The monoisotopic (exact) mass is 259 g/mol. The van der Waals surface area contributed by atoms with Crippen molar-refractivity contribution in [1.82, 2.24) is 4.98 Å². The van der Waals surface area contributed by atoms with Crippen LogP contribution < -0.4 is 0 Å². The molecule has 2 rings (SSSR count). The van der Waals surface area contributed by atoms with Gasteiger partial charge in [-0.25, -0.2) is 4.79 Å². The highest BCUT2D eigenvalue weighted by molar-refractivity contribution is 7.16. The first-order valence-corrected chi connectivity index (χ1v) is 6.29. The summed E-state index contributed by atoms with van der Waals surface area (Å²) in [5.41, 5.74) is 2.04. The van der Waals surface area contributed by atoms with Gasteiger partial charge >= 0.3 is 5.97 Å². The second-order valence-electron chi connectivity index (χ2n) is 3.75. The van der Waals surface area contributed by atoms with Crippen LogP contribution in [0.25, 0.3) is 16.0 Å². The van der Waals surface area contributed by atoms with E-state index in [0.717, 1.165) is 20.9 Å². The Labute approximate surface area is 110 Å². The second-order valence-corrected chi connectivity index (χ2v) is 4.83. The van der Waals surface area contributed by atoms with Crippen LogP contribution in [0.1, 0.15) is 11.8 Å². The number of rotatable bonds is 3. The van der Waals surface area contributed by atoms with Crippen LogP contribution in [0.5, 0.6) is 0 Å². The molecule has 0 aromatic carbocycles. The van der Waals surface area contributed by atoms with Gasteiger partial charge in [0, 0.05) is 28.2 Å². The largest absolute Gasteiger partial charge is 0.466 e. The third-order valence-corrected chi connectivity index (χ3v) is 3.76. The lowest BCUT2D eigenvalue weighted by Crippen LogP contribution is -1.94. The van der Waals surface area contributed by atoms with E-state index < -0.39 is 0 Å². The summed E-state index contributed by atoms with van der Waals surface area (Å²) < 4.78 is 4.61. The van der Waals surface area contributed by atoms with Crippen molar-refractivity contribution >= 4 is 22.9 Å². The van der Waals surface area contributed by atoms with E-state index in [-0.39, 0.29) is 5.97 Å². The van der Waals surface area contributed by atoms with Crippen molar-refractivity contribution < 1.29 is 9.53 Å². The maximum Gasteiger partial charge on any atom is 0.330 e. The fourth-order valence-electron chi connectivity index (χ4n) is 1.53. The molecule has 0 fully saturated rings. The Balaban J connectivity index is 2.26. The Hall–Kier alpha value is -1.94. The van der Waals surface area contributed by atoms with Crippen molar-refractivity contribution in [2.24, 2.45) is 0 Å². The summed E-state index contributed by atoms with van der Waals surface area (Å²) in [6.07, 6.45) is 5.04. The molecule has 0 aliphatic rings. The number of hydrogen-bond donors (Lipinski definition) is 0. The smallest absolute Gasteiger partial charge is 0.330 e. The quantitative estimate of drug-likeness (QED) is 0.626. The molecule has 2 aromatic heterocycles. The molecule has 0 radical (unpaired) electrons. The SMILES string of the molecule is COC(=O)/C=C(\C)c1ccc(-c2ccncc2)s1. The molecule has 0 bridgehead atoms. The zero-order valence-corrected chi connectivity index (χ0v) is 11.0. The maximum atomic E-state index is 11.2. The Kier molecular flexibility index (Phi) is 3.89. The van der Waals surface area contributed by atoms with Crippen LogP contribution in [0.2, 0.25) is 0 Å². The van der Waals surface area contributed by atoms with Gasteiger partial charge in [0.15, 0.2) is 0 Å². The van der Waals surface area contributed by atoms with Gasteiger partial charge in [0.1, 0.15) is 0 Å². The number of pyridine rings is 1. The number of esters is 1. The third kappa shape index (κ3) is 2.84. The summed E-state index contributed by atoms with van der Waals surface area (Å²) in [5, 5.41) is 0. The van der Waals surface area contributed by atoms with E-state index in [9.17, 15) is 4.79 Å². The highest BCUT2D eigenvalue weighted by Crippen LogP contribution is 2.31. The molecule has 18 heavy (non-hydrogen) atoms. The minimum absolute atomic E-state index is 0.327. The van der Waals surface area contributed by atoms with Crippen LogP contribution in [-0.4, -0.2) is 18.1 Å². The number of nitrogens with zero attached hydrogens (tertiary/aromatic N) is 1.